The van der Waals surface area contributed by atoms with Crippen molar-refractivity contribution in [3.63, 3.8) is 0 Å². The molecule has 2 heterocycles. The van der Waals surface area contributed by atoms with Gasteiger partial charge in [0.15, 0.2) is 0 Å². The van der Waals surface area contributed by atoms with Gasteiger partial charge in [-0.25, -0.2) is 0 Å². The zero-order valence-corrected chi connectivity index (χ0v) is 12.9. The molecule has 0 saturated carbocycles. The lowest BCUT2D eigenvalue weighted by Gasteiger charge is -2.19. The largest absolute Gasteiger partial charge is 0.371 e. The molecule has 2 aromatic rings. The fourth-order valence-electron chi connectivity index (χ4n) is 2.79. The van der Waals surface area contributed by atoms with Crippen LogP contribution in [0, 0.1) is 5.92 Å². The van der Waals surface area contributed by atoms with Crippen LogP contribution in [0.3, 0.4) is 0 Å². The lowest BCUT2D eigenvalue weighted by molar-refractivity contribution is -0.119. The maximum atomic E-state index is 12.3. The van der Waals surface area contributed by atoms with Gasteiger partial charge in [-0.15, -0.1) is 0 Å². The van der Waals surface area contributed by atoms with Crippen molar-refractivity contribution in [2.45, 2.75) is 26.3 Å². The molecule has 22 heavy (non-hydrogen) atoms. The number of benzene rings is 1. The SMILES string of the molecule is C[C@H](Cn1cccn1)C(=O)Nc1cccc(N2CCCC2)c1. The predicted octanol–water partition coefficient (Wildman–Crippen LogP) is 2.76. The van der Waals surface area contributed by atoms with E-state index in [1.807, 2.05) is 31.3 Å². The number of nitrogens with zero attached hydrogens (tertiary/aromatic N) is 3. The molecule has 0 bridgehead atoms. The minimum Gasteiger partial charge on any atom is -0.371 e. The Morgan fingerprint density at radius 1 is 1.32 bits per heavy atom. The molecule has 1 fully saturated rings. The van der Waals surface area contributed by atoms with Crippen LogP contribution in [-0.2, 0) is 11.3 Å². The zero-order valence-electron chi connectivity index (χ0n) is 12.9. The summed E-state index contributed by atoms with van der Waals surface area (Å²) in [5.41, 5.74) is 2.05. The zero-order chi connectivity index (χ0) is 15.4. The third-order valence-corrected chi connectivity index (χ3v) is 4.05. The van der Waals surface area contributed by atoms with E-state index in [4.69, 9.17) is 0 Å². The van der Waals surface area contributed by atoms with Crippen molar-refractivity contribution in [1.29, 1.82) is 0 Å². The molecule has 0 radical (unpaired) electrons. The standard InChI is InChI=1S/C17H22N4O/c1-14(13-21-11-5-8-18-21)17(22)19-15-6-4-7-16(12-15)20-9-2-3-10-20/h4-8,11-12,14H,2-3,9-10,13H2,1H3,(H,19,22)/t14-/m1/s1. The lowest BCUT2D eigenvalue weighted by Crippen LogP contribution is -2.25. The van der Waals surface area contributed by atoms with Gasteiger partial charge in [0.05, 0.1) is 12.5 Å². The molecule has 116 valence electrons. The molecule has 1 aliphatic heterocycles. The number of rotatable bonds is 5. The smallest absolute Gasteiger partial charge is 0.229 e. The second kappa shape index (κ2) is 6.64. The fourth-order valence-corrected chi connectivity index (χ4v) is 2.79. The van der Waals surface area contributed by atoms with Crippen molar-refractivity contribution >= 4 is 17.3 Å². The summed E-state index contributed by atoms with van der Waals surface area (Å²) in [6.07, 6.45) is 6.09. The Labute approximate surface area is 130 Å². The van der Waals surface area contributed by atoms with E-state index in [0.717, 1.165) is 18.8 Å². The highest BCUT2D eigenvalue weighted by molar-refractivity contribution is 5.92. The van der Waals surface area contributed by atoms with E-state index < -0.39 is 0 Å². The molecule has 1 saturated heterocycles. The van der Waals surface area contributed by atoms with Crippen LogP contribution < -0.4 is 10.2 Å². The molecule has 3 rings (SSSR count). The van der Waals surface area contributed by atoms with Gasteiger partial charge in [0.25, 0.3) is 0 Å². The van der Waals surface area contributed by atoms with E-state index in [2.05, 4.69) is 27.4 Å². The van der Waals surface area contributed by atoms with Gasteiger partial charge in [-0.2, -0.15) is 5.10 Å². The summed E-state index contributed by atoms with van der Waals surface area (Å²) in [7, 11) is 0. The van der Waals surface area contributed by atoms with Crippen LogP contribution in [0.15, 0.2) is 42.7 Å². The molecular formula is C17H22N4O. The van der Waals surface area contributed by atoms with E-state index in [1.54, 1.807) is 10.9 Å². The van der Waals surface area contributed by atoms with E-state index in [1.165, 1.54) is 18.5 Å². The molecule has 5 heteroatoms. The molecule has 1 amide bonds. The van der Waals surface area contributed by atoms with Crippen LogP contribution in [0.4, 0.5) is 11.4 Å². The molecule has 5 nitrogen and oxygen atoms in total. The maximum Gasteiger partial charge on any atom is 0.229 e. The van der Waals surface area contributed by atoms with E-state index in [9.17, 15) is 4.79 Å². The van der Waals surface area contributed by atoms with Crippen LogP contribution in [0.5, 0.6) is 0 Å². The minimum absolute atomic E-state index is 0.0223. The fraction of sp³-hybridized carbons (Fsp3) is 0.412. The van der Waals surface area contributed by atoms with Crippen molar-refractivity contribution < 1.29 is 4.79 Å². The number of amides is 1. The van der Waals surface area contributed by atoms with Gasteiger partial charge in [0.2, 0.25) is 5.91 Å². The first kappa shape index (κ1) is 14.6. The third kappa shape index (κ3) is 3.47. The molecule has 1 atom stereocenters. The molecule has 1 aromatic carbocycles. The Morgan fingerprint density at radius 2 is 2.14 bits per heavy atom. The molecule has 0 aliphatic carbocycles. The molecule has 0 unspecified atom stereocenters. The Hall–Kier alpha value is -2.30. The molecule has 1 aromatic heterocycles. The number of nitrogens with one attached hydrogen (secondary N) is 1. The number of carbonyl (C=O) groups excluding carboxylic acids is 1. The maximum absolute atomic E-state index is 12.3. The second-order valence-electron chi connectivity index (χ2n) is 5.86. The van der Waals surface area contributed by atoms with Gasteiger partial charge in [-0.3, -0.25) is 9.48 Å². The number of carbonyl (C=O) groups is 1. The van der Waals surface area contributed by atoms with Gasteiger partial charge in [-0.1, -0.05) is 13.0 Å². The Morgan fingerprint density at radius 3 is 2.86 bits per heavy atom. The van der Waals surface area contributed by atoms with Crippen LogP contribution in [-0.4, -0.2) is 28.8 Å². The van der Waals surface area contributed by atoms with Gasteiger partial charge in [0.1, 0.15) is 0 Å². The highest BCUT2D eigenvalue weighted by atomic mass is 16.1. The Kier molecular flexibility index (Phi) is 4.42. The topological polar surface area (TPSA) is 50.2 Å². The second-order valence-corrected chi connectivity index (χ2v) is 5.86. The lowest BCUT2D eigenvalue weighted by atomic mass is 10.1. The van der Waals surface area contributed by atoms with Gasteiger partial charge in [0, 0.05) is 36.9 Å². The van der Waals surface area contributed by atoms with Gasteiger partial charge < -0.3 is 10.2 Å². The summed E-state index contributed by atoms with van der Waals surface area (Å²) in [4.78, 5) is 14.7. The first-order chi connectivity index (χ1) is 10.7. The summed E-state index contributed by atoms with van der Waals surface area (Å²) >= 11 is 0. The molecule has 1 aliphatic rings. The Bertz CT molecular complexity index is 617. The van der Waals surface area contributed by atoms with Crippen LogP contribution in [0.25, 0.3) is 0 Å². The quantitative estimate of drug-likeness (QED) is 0.923. The van der Waals surface area contributed by atoms with Crippen LogP contribution >= 0.6 is 0 Å². The van der Waals surface area contributed by atoms with Crippen LogP contribution in [0.1, 0.15) is 19.8 Å². The highest BCUT2D eigenvalue weighted by Crippen LogP contribution is 2.23. The Balaban J connectivity index is 1.62. The number of hydrogen-bond acceptors (Lipinski definition) is 3. The minimum atomic E-state index is -0.129. The number of aromatic nitrogens is 2. The van der Waals surface area contributed by atoms with Crippen molar-refractivity contribution in [3.05, 3.63) is 42.7 Å². The van der Waals surface area contributed by atoms with E-state index in [0.29, 0.717) is 6.54 Å². The third-order valence-electron chi connectivity index (χ3n) is 4.05. The first-order valence-electron chi connectivity index (χ1n) is 7.86. The highest BCUT2D eigenvalue weighted by Gasteiger charge is 2.16. The van der Waals surface area contributed by atoms with Gasteiger partial charge >= 0.3 is 0 Å². The monoisotopic (exact) mass is 298 g/mol. The molecule has 0 spiro atoms. The normalized spacial score (nSPS) is 15.8. The molecule has 1 N–H and O–H groups in total. The van der Waals surface area contributed by atoms with Crippen molar-refractivity contribution in [1.82, 2.24) is 9.78 Å². The summed E-state index contributed by atoms with van der Waals surface area (Å²) in [5, 5.41) is 7.15. The average molecular weight is 298 g/mol. The van der Waals surface area contributed by atoms with E-state index >= 15 is 0 Å². The van der Waals surface area contributed by atoms with Gasteiger partial charge in [-0.05, 0) is 37.1 Å². The van der Waals surface area contributed by atoms with E-state index in [-0.39, 0.29) is 11.8 Å². The predicted molar refractivity (Wildman–Crippen MR) is 87.9 cm³/mol. The van der Waals surface area contributed by atoms with Crippen molar-refractivity contribution in [2.75, 3.05) is 23.3 Å². The number of anilines is 2. The van der Waals surface area contributed by atoms with Crippen LogP contribution in [0.2, 0.25) is 0 Å². The number of hydrogen-bond donors (Lipinski definition) is 1. The molecular weight excluding hydrogens is 276 g/mol. The summed E-state index contributed by atoms with van der Waals surface area (Å²) in [6.45, 7) is 4.71. The van der Waals surface area contributed by atoms with Crippen molar-refractivity contribution in [3.8, 4) is 0 Å². The first-order valence-corrected chi connectivity index (χ1v) is 7.86. The average Bonchev–Trinajstić information content (AvgIpc) is 3.21. The summed E-state index contributed by atoms with van der Waals surface area (Å²) in [6, 6.07) is 9.97. The summed E-state index contributed by atoms with van der Waals surface area (Å²) < 4.78 is 1.78. The summed E-state index contributed by atoms with van der Waals surface area (Å²) in [5.74, 6) is -0.107. The van der Waals surface area contributed by atoms with Crippen molar-refractivity contribution in [2.24, 2.45) is 5.92 Å².